The number of ether oxygens (including phenoxy) is 2. The third kappa shape index (κ3) is 3.31. The molecule has 0 aliphatic heterocycles. The Morgan fingerprint density at radius 2 is 1.71 bits per heavy atom. The quantitative estimate of drug-likeness (QED) is 0.755. The van der Waals surface area contributed by atoms with Crippen molar-refractivity contribution in [3.8, 4) is 11.5 Å². The molecule has 4 nitrogen and oxygen atoms in total. The lowest BCUT2D eigenvalue weighted by atomic mass is 10.2. The number of rotatable bonds is 4. The smallest absolute Gasteiger partial charge is 0.163 e. The van der Waals surface area contributed by atoms with Crippen LogP contribution in [0, 0.1) is 0 Å². The van der Waals surface area contributed by atoms with Gasteiger partial charge in [-0.25, -0.2) is 9.97 Å². The average Bonchev–Trinajstić information content (AvgIpc) is 2.39. The van der Waals surface area contributed by atoms with Crippen LogP contribution in [0.15, 0.2) is 49.2 Å². The summed E-state index contributed by atoms with van der Waals surface area (Å²) in [5, 5.41) is 0. The maximum atomic E-state index is 5.56. The minimum atomic E-state index is 0.618. The zero-order valence-corrected chi connectivity index (χ0v) is 9.41. The third-order valence-electron chi connectivity index (χ3n) is 2.05. The second kappa shape index (κ2) is 5.65. The van der Waals surface area contributed by atoms with Crippen LogP contribution in [0.2, 0.25) is 0 Å². The number of hydrogen-bond donors (Lipinski definition) is 0. The summed E-state index contributed by atoms with van der Waals surface area (Å²) in [6, 6.07) is 7.63. The Kier molecular flexibility index (Phi) is 3.70. The summed E-state index contributed by atoms with van der Waals surface area (Å²) in [6.45, 7) is 0. The molecule has 0 N–H and O–H groups in total. The van der Waals surface area contributed by atoms with Gasteiger partial charge in [0.1, 0.15) is 12.1 Å². The lowest BCUT2D eigenvalue weighted by Crippen LogP contribution is -1.86. The van der Waals surface area contributed by atoms with Crippen molar-refractivity contribution < 1.29 is 9.47 Å². The van der Waals surface area contributed by atoms with Gasteiger partial charge in [0.15, 0.2) is 5.75 Å². The van der Waals surface area contributed by atoms with E-state index in [1.54, 1.807) is 25.8 Å². The van der Waals surface area contributed by atoms with Gasteiger partial charge in [-0.05, 0) is 23.8 Å². The van der Waals surface area contributed by atoms with Crippen molar-refractivity contribution in [3.05, 3.63) is 54.8 Å². The lowest BCUT2D eigenvalue weighted by molar-refractivity contribution is 0.341. The summed E-state index contributed by atoms with van der Waals surface area (Å²) in [5.74, 6) is 1.36. The molecule has 0 amide bonds. The van der Waals surface area contributed by atoms with Gasteiger partial charge in [-0.3, -0.25) is 0 Å². The van der Waals surface area contributed by atoms with Gasteiger partial charge < -0.3 is 9.47 Å². The zero-order valence-electron chi connectivity index (χ0n) is 9.41. The first kappa shape index (κ1) is 11.1. The van der Waals surface area contributed by atoms with Crippen LogP contribution >= 0.6 is 0 Å². The maximum Gasteiger partial charge on any atom is 0.163 e. The second-order valence-electron chi connectivity index (χ2n) is 3.28. The summed E-state index contributed by atoms with van der Waals surface area (Å²) in [7, 11) is 1.61. The Morgan fingerprint density at radius 3 is 2.35 bits per heavy atom. The van der Waals surface area contributed by atoms with Crippen LogP contribution < -0.4 is 4.74 Å². The topological polar surface area (TPSA) is 44.2 Å². The molecule has 0 bridgehead atoms. The van der Waals surface area contributed by atoms with Gasteiger partial charge in [0.25, 0.3) is 0 Å². The van der Waals surface area contributed by atoms with E-state index < -0.39 is 0 Å². The van der Waals surface area contributed by atoms with Gasteiger partial charge in [-0.15, -0.1) is 0 Å². The van der Waals surface area contributed by atoms with Crippen LogP contribution in [0.4, 0.5) is 0 Å². The molecular weight excluding hydrogens is 216 g/mol. The van der Waals surface area contributed by atoms with E-state index in [-0.39, 0.29) is 0 Å². The molecule has 86 valence electrons. The summed E-state index contributed by atoms with van der Waals surface area (Å²) >= 11 is 0. The Morgan fingerprint density at radius 1 is 1.00 bits per heavy atom. The van der Waals surface area contributed by atoms with Crippen LogP contribution in [0.3, 0.4) is 0 Å². The molecule has 0 saturated heterocycles. The van der Waals surface area contributed by atoms with Crippen LogP contribution in [-0.2, 0) is 4.74 Å². The number of nitrogens with zero attached hydrogens (tertiary/aromatic N) is 2. The number of aromatic nitrogens is 2. The number of methoxy groups -OCH3 is 1. The van der Waals surface area contributed by atoms with E-state index in [1.165, 1.54) is 6.33 Å². The first-order valence-electron chi connectivity index (χ1n) is 5.11. The molecular formula is C13H12N2O2. The highest BCUT2D eigenvalue weighted by Gasteiger charge is 1.96. The molecule has 0 radical (unpaired) electrons. The fraction of sp³-hybridized carbons (Fsp3) is 0.0769. The Labute approximate surface area is 99.6 Å². The molecule has 0 spiro atoms. The molecule has 4 heteroatoms. The van der Waals surface area contributed by atoms with Crippen LogP contribution in [0.5, 0.6) is 11.5 Å². The molecule has 1 aromatic heterocycles. The van der Waals surface area contributed by atoms with E-state index in [1.807, 2.05) is 30.3 Å². The van der Waals surface area contributed by atoms with Gasteiger partial charge in [0, 0.05) is 0 Å². The fourth-order valence-corrected chi connectivity index (χ4v) is 1.27. The van der Waals surface area contributed by atoms with Crippen molar-refractivity contribution in [2.45, 2.75) is 0 Å². The van der Waals surface area contributed by atoms with Gasteiger partial charge in [0.05, 0.1) is 25.8 Å². The molecule has 2 rings (SSSR count). The number of hydrogen-bond acceptors (Lipinski definition) is 4. The van der Waals surface area contributed by atoms with E-state index in [0.717, 1.165) is 11.3 Å². The monoisotopic (exact) mass is 228 g/mol. The highest BCUT2D eigenvalue weighted by atomic mass is 16.5. The summed E-state index contributed by atoms with van der Waals surface area (Å²) in [6.07, 6.45) is 8.19. The number of benzene rings is 1. The van der Waals surface area contributed by atoms with Crippen molar-refractivity contribution in [1.29, 1.82) is 0 Å². The van der Waals surface area contributed by atoms with E-state index in [0.29, 0.717) is 5.75 Å². The maximum absolute atomic E-state index is 5.56. The Balaban J connectivity index is 2.06. The molecule has 1 aromatic carbocycles. The van der Waals surface area contributed by atoms with Crippen LogP contribution in [0.1, 0.15) is 5.56 Å². The van der Waals surface area contributed by atoms with E-state index in [9.17, 15) is 0 Å². The minimum absolute atomic E-state index is 0.618. The van der Waals surface area contributed by atoms with Crippen molar-refractivity contribution >= 4 is 6.08 Å². The first-order chi connectivity index (χ1) is 8.38. The molecule has 0 aliphatic carbocycles. The molecule has 0 unspecified atom stereocenters. The molecule has 1 heterocycles. The van der Waals surface area contributed by atoms with Gasteiger partial charge in [0.2, 0.25) is 0 Å². The predicted molar refractivity (Wildman–Crippen MR) is 64.6 cm³/mol. The molecule has 2 aromatic rings. The Hall–Kier alpha value is -2.36. The van der Waals surface area contributed by atoms with Crippen molar-refractivity contribution in [3.63, 3.8) is 0 Å². The second-order valence-corrected chi connectivity index (χ2v) is 3.28. The zero-order chi connectivity index (χ0) is 11.9. The van der Waals surface area contributed by atoms with E-state index in [4.69, 9.17) is 9.47 Å². The van der Waals surface area contributed by atoms with Crippen LogP contribution in [-0.4, -0.2) is 17.1 Å². The minimum Gasteiger partial charge on any atom is -0.504 e. The average molecular weight is 228 g/mol. The van der Waals surface area contributed by atoms with E-state index in [2.05, 4.69) is 9.97 Å². The van der Waals surface area contributed by atoms with Gasteiger partial charge >= 0.3 is 0 Å². The molecule has 0 fully saturated rings. The predicted octanol–water partition coefficient (Wildman–Crippen LogP) is 2.89. The van der Waals surface area contributed by atoms with Crippen molar-refractivity contribution in [2.75, 3.05) is 7.11 Å². The third-order valence-corrected chi connectivity index (χ3v) is 2.05. The standard InChI is InChI=1S/C13H12N2O2/c1-16-7-6-11-2-4-12(5-3-11)17-13-8-14-10-15-9-13/h2-10H,1H3. The highest BCUT2D eigenvalue weighted by molar-refractivity contribution is 5.49. The largest absolute Gasteiger partial charge is 0.504 e. The van der Waals surface area contributed by atoms with Crippen molar-refractivity contribution in [1.82, 2.24) is 9.97 Å². The summed E-state index contributed by atoms with van der Waals surface area (Å²) < 4.78 is 10.4. The fourth-order valence-electron chi connectivity index (χ4n) is 1.27. The molecule has 0 atom stereocenters. The molecule has 17 heavy (non-hydrogen) atoms. The molecule has 0 aliphatic rings. The lowest BCUT2D eigenvalue weighted by Gasteiger charge is -2.04. The van der Waals surface area contributed by atoms with Crippen molar-refractivity contribution in [2.24, 2.45) is 0 Å². The summed E-state index contributed by atoms with van der Waals surface area (Å²) in [5.41, 5.74) is 1.04. The Bertz CT molecular complexity index is 481. The SMILES string of the molecule is COC=Cc1ccc(Oc2cncnc2)cc1. The molecule has 0 saturated carbocycles. The highest BCUT2D eigenvalue weighted by Crippen LogP contribution is 2.20. The van der Waals surface area contributed by atoms with Gasteiger partial charge in [-0.1, -0.05) is 12.1 Å². The normalized spacial score (nSPS) is 10.4. The van der Waals surface area contributed by atoms with Gasteiger partial charge in [-0.2, -0.15) is 0 Å². The van der Waals surface area contributed by atoms with E-state index >= 15 is 0 Å². The first-order valence-corrected chi connectivity index (χ1v) is 5.11. The van der Waals surface area contributed by atoms with Crippen LogP contribution in [0.25, 0.3) is 6.08 Å². The summed E-state index contributed by atoms with van der Waals surface area (Å²) in [4.78, 5) is 7.75.